The van der Waals surface area contributed by atoms with Gasteiger partial charge in [0.1, 0.15) is 0 Å². The van der Waals surface area contributed by atoms with Crippen molar-refractivity contribution in [2.45, 2.75) is 47.6 Å². The van der Waals surface area contributed by atoms with Gasteiger partial charge in [0.15, 0.2) is 5.78 Å². The summed E-state index contributed by atoms with van der Waals surface area (Å²) < 4.78 is 0. The number of ketones is 1. The number of carbonyl (C=O) groups is 2. The fourth-order valence-electron chi connectivity index (χ4n) is 2.55. The SMILES string of the molecule is CC.CC(=O)C(NC(=O)Nc1cccc2ccccc12)C(C)(C)C.[HH].[HH]. The Bertz CT molecular complexity index is 707. The van der Waals surface area contributed by atoms with E-state index in [0.717, 1.165) is 16.5 Å². The van der Waals surface area contributed by atoms with Crippen LogP contribution in [0.2, 0.25) is 0 Å². The van der Waals surface area contributed by atoms with Gasteiger partial charge in [0.2, 0.25) is 0 Å². The van der Waals surface area contributed by atoms with Crippen molar-refractivity contribution >= 4 is 28.3 Å². The molecule has 1 atom stereocenters. The standard InChI is InChI=1S/C18H22N2O2.C2H6.2H2/c1-12(21)16(18(2,3)4)20-17(22)19-15-11-7-9-13-8-5-6-10-14(13)15;1-2;;/h5-11,16H,1-4H3,(H2,19,20,22);1-2H3;2*1H. The first-order valence-corrected chi connectivity index (χ1v) is 8.35. The monoisotopic (exact) mass is 332 g/mol. The second kappa shape index (κ2) is 8.48. The van der Waals surface area contributed by atoms with Crippen LogP contribution >= 0.6 is 0 Å². The van der Waals surface area contributed by atoms with Gasteiger partial charge in [0.05, 0.1) is 11.7 Å². The first-order chi connectivity index (χ1) is 11.3. The number of hydrogen-bond acceptors (Lipinski definition) is 2. The molecule has 0 heterocycles. The maximum Gasteiger partial charge on any atom is 0.319 e. The largest absolute Gasteiger partial charge is 0.328 e. The van der Waals surface area contributed by atoms with Crippen molar-refractivity contribution < 1.29 is 12.4 Å². The lowest BCUT2D eigenvalue weighted by atomic mass is 9.84. The van der Waals surface area contributed by atoms with Crippen molar-refractivity contribution in [2.75, 3.05) is 5.32 Å². The third kappa shape index (κ3) is 5.08. The number of urea groups is 1. The zero-order valence-electron chi connectivity index (χ0n) is 15.4. The molecule has 0 bridgehead atoms. The summed E-state index contributed by atoms with van der Waals surface area (Å²) in [6.07, 6.45) is 0. The number of Topliss-reactive ketones (excluding diaryl/α,β-unsaturated/α-hetero) is 1. The van der Waals surface area contributed by atoms with E-state index in [1.165, 1.54) is 6.92 Å². The van der Waals surface area contributed by atoms with E-state index in [1.54, 1.807) is 0 Å². The minimum absolute atomic E-state index is 0. The summed E-state index contributed by atoms with van der Waals surface area (Å²) in [7, 11) is 0. The highest BCUT2D eigenvalue weighted by Gasteiger charge is 2.30. The average Bonchev–Trinajstić information content (AvgIpc) is 2.53. The van der Waals surface area contributed by atoms with Gasteiger partial charge in [0, 0.05) is 8.24 Å². The van der Waals surface area contributed by atoms with E-state index < -0.39 is 6.04 Å². The maximum atomic E-state index is 12.2. The van der Waals surface area contributed by atoms with E-state index in [2.05, 4.69) is 10.6 Å². The third-order valence-corrected chi connectivity index (χ3v) is 3.59. The average molecular weight is 332 g/mol. The molecule has 1 unspecified atom stereocenters. The lowest BCUT2D eigenvalue weighted by Gasteiger charge is -2.29. The molecular formula is C20H32N2O2. The molecule has 0 spiro atoms. The van der Waals surface area contributed by atoms with Crippen LogP contribution in [0.3, 0.4) is 0 Å². The molecule has 2 N–H and O–H groups in total. The first kappa shape index (κ1) is 19.7. The fourth-order valence-corrected chi connectivity index (χ4v) is 2.55. The Morgan fingerprint density at radius 3 is 2.17 bits per heavy atom. The first-order valence-electron chi connectivity index (χ1n) is 8.35. The van der Waals surface area contributed by atoms with Crippen LogP contribution in [0, 0.1) is 5.41 Å². The quantitative estimate of drug-likeness (QED) is 0.781. The van der Waals surface area contributed by atoms with Crippen molar-refractivity contribution in [3.63, 3.8) is 0 Å². The van der Waals surface area contributed by atoms with Crippen LogP contribution in [0.5, 0.6) is 0 Å². The lowest BCUT2D eigenvalue weighted by molar-refractivity contribution is -0.120. The molecule has 0 aliphatic heterocycles. The Balaban J connectivity index is 0. The molecule has 0 aromatic heterocycles. The minimum atomic E-state index is -0.525. The van der Waals surface area contributed by atoms with E-state index in [4.69, 9.17) is 0 Å². The Kier molecular flexibility index (Phi) is 6.96. The topological polar surface area (TPSA) is 58.2 Å². The second-order valence-corrected chi connectivity index (χ2v) is 6.53. The lowest BCUT2D eigenvalue weighted by Crippen LogP contribution is -2.49. The zero-order chi connectivity index (χ0) is 18.3. The number of nitrogens with one attached hydrogen (secondary N) is 2. The van der Waals surface area contributed by atoms with Crippen molar-refractivity contribution in [2.24, 2.45) is 5.41 Å². The molecule has 0 radical (unpaired) electrons. The van der Waals surface area contributed by atoms with Gasteiger partial charge in [-0.25, -0.2) is 4.79 Å². The molecule has 134 valence electrons. The van der Waals surface area contributed by atoms with Crippen LogP contribution < -0.4 is 10.6 Å². The van der Waals surface area contributed by atoms with Gasteiger partial charge < -0.3 is 10.6 Å². The molecule has 24 heavy (non-hydrogen) atoms. The summed E-state index contributed by atoms with van der Waals surface area (Å²) in [5.41, 5.74) is 0.397. The summed E-state index contributed by atoms with van der Waals surface area (Å²) in [5.74, 6) is -0.0550. The Morgan fingerprint density at radius 1 is 1.00 bits per heavy atom. The van der Waals surface area contributed by atoms with Gasteiger partial charge in [-0.05, 0) is 23.8 Å². The van der Waals surface area contributed by atoms with Crippen molar-refractivity contribution in [1.29, 1.82) is 0 Å². The van der Waals surface area contributed by atoms with E-state index >= 15 is 0 Å². The Hall–Kier alpha value is -2.36. The molecular weight excluding hydrogens is 300 g/mol. The highest BCUT2D eigenvalue weighted by atomic mass is 16.2. The summed E-state index contributed by atoms with van der Waals surface area (Å²) in [4.78, 5) is 24.0. The highest BCUT2D eigenvalue weighted by Crippen LogP contribution is 2.24. The molecule has 0 saturated heterocycles. The number of benzene rings is 2. The van der Waals surface area contributed by atoms with Gasteiger partial charge in [-0.15, -0.1) is 0 Å². The number of amides is 2. The highest BCUT2D eigenvalue weighted by molar-refractivity contribution is 6.02. The zero-order valence-corrected chi connectivity index (χ0v) is 15.4. The molecule has 0 fully saturated rings. The van der Waals surface area contributed by atoms with Crippen molar-refractivity contribution in [3.05, 3.63) is 42.5 Å². The number of rotatable bonds is 3. The smallest absolute Gasteiger partial charge is 0.319 e. The number of fused-ring (bicyclic) bond motifs is 1. The third-order valence-electron chi connectivity index (χ3n) is 3.59. The van der Waals surface area contributed by atoms with E-state index in [-0.39, 0.29) is 20.1 Å². The number of anilines is 1. The maximum absolute atomic E-state index is 12.2. The minimum Gasteiger partial charge on any atom is -0.328 e. The number of carbonyl (C=O) groups excluding carboxylic acids is 2. The molecule has 2 rings (SSSR count). The van der Waals surface area contributed by atoms with Crippen LogP contribution in [0.15, 0.2) is 42.5 Å². The summed E-state index contributed by atoms with van der Waals surface area (Å²) >= 11 is 0. The van der Waals surface area contributed by atoms with E-state index in [0.29, 0.717) is 0 Å². The van der Waals surface area contributed by atoms with E-state index in [1.807, 2.05) is 77.1 Å². The predicted molar refractivity (Wildman–Crippen MR) is 106 cm³/mol. The van der Waals surface area contributed by atoms with Gasteiger partial charge in [-0.3, -0.25) is 4.79 Å². The molecule has 2 aromatic rings. The Morgan fingerprint density at radius 2 is 1.58 bits per heavy atom. The number of hydrogen-bond donors (Lipinski definition) is 2. The van der Waals surface area contributed by atoms with Crippen LogP contribution in [-0.2, 0) is 4.79 Å². The molecule has 0 aliphatic carbocycles. The molecule has 0 saturated carbocycles. The van der Waals surface area contributed by atoms with Gasteiger partial charge in [-0.1, -0.05) is 71.0 Å². The molecule has 2 amide bonds. The van der Waals surface area contributed by atoms with Crippen LogP contribution in [0.25, 0.3) is 10.8 Å². The fraction of sp³-hybridized carbons (Fsp3) is 0.400. The predicted octanol–water partition coefficient (Wildman–Crippen LogP) is 5.48. The molecule has 4 heteroatoms. The Labute approximate surface area is 147 Å². The summed E-state index contributed by atoms with van der Waals surface area (Å²) in [6.45, 7) is 11.3. The van der Waals surface area contributed by atoms with E-state index in [9.17, 15) is 9.59 Å². The molecule has 4 nitrogen and oxygen atoms in total. The molecule has 2 aromatic carbocycles. The van der Waals surface area contributed by atoms with Crippen LogP contribution in [0.4, 0.5) is 10.5 Å². The summed E-state index contributed by atoms with van der Waals surface area (Å²) in [6, 6.07) is 12.7. The van der Waals surface area contributed by atoms with Gasteiger partial charge in [-0.2, -0.15) is 0 Å². The molecule has 0 aliphatic rings. The summed E-state index contributed by atoms with van der Waals surface area (Å²) in [5, 5.41) is 7.63. The van der Waals surface area contributed by atoms with Crippen molar-refractivity contribution in [3.8, 4) is 0 Å². The van der Waals surface area contributed by atoms with Crippen LogP contribution in [0.1, 0.15) is 44.4 Å². The normalized spacial score (nSPS) is 11.9. The van der Waals surface area contributed by atoms with Crippen LogP contribution in [-0.4, -0.2) is 17.9 Å². The van der Waals surface area contributed by atoms with Gasteiger partial charge >= 0.3 is 6.03 Å². The van der Waals surface area contributed by atoms with Gasteiger partial charge in [0.25, 0.3) is 0 Å². The second-order valence-electron chi connectivity index (χ2n) is 6.53. The van der Waals surface area contributed by atoms with Crippen molar-refractivity contribution in [1.82, 2.24) is 5.32 Å².